The van der Waals surface area contributed by atoms with E-state index in [1.807, 2.05) is 23.1 Å². The molecule has 1 aromatic heterocycles. The summed E-state index contributed by atoms with van der Waals surface area (Å²) in [7, 11) is 0. The highest BCUT2D eigenvalue weighted by molar-refractivity contribution is 6.22. The van der Waals surface area contributed by atoms with Gasteiger partial charge in [-0.2, -0.15) is 0 Å². The number of piperazine rings is 1. The van der Waals surface area contributed by atoms with Crippen LogP contribution in [0.5, 0.6) is 0 Å². The number of nitrogens with one attached hydrogen (secondary N) is 2. The van der Waals surface area contributed by atoms with E-state index in [1.54, 1.807) is 36.7 Å². The lowest BCUT2D eigenvalue weighted by atomic mass is 9.84. The maximum atomic E-state index is 12.9. The zero-order valence-corrected chi connectivity index (χ0v) is 14.6. The average Bonchev–Trinajstić information content (AvgIpc) is 2.70. The zero-order chi connectivity index (χ0) is 18.9. The van der Waals surface area contributed by atoms with Crippen molar-refractivity contribution in [2.75, 3.05) is 31.1 Å². The molecular formula is C19H19N5O3. The molecule has 4 amide bonds. The number of carbonyl (C=O) groups is 3. The van der Waals surface area contributed by atoms with E-state index in [0.29, 0.717) is 31.7 Å². The summed E-state index contributed by atoms with van der Waals surface area (Å²) in [5, 5.41) is 4.53. The van der Waals surface area contributed by atoms with Crippen LogP contribution in [-0.4, -0.2) is 53.9 Å². The Morgan fingerprint density at radius 3 is 2.00 bits per heavy atom. The van der Waals surface area contributed by atoms with E-state index in [4.69, 9.17) is 0 Å². The summed E-state index contributed by atoms with van der Waals surface area (Å²) in [5.74, 6) is -1.22. The number of rotatable bonds is 3. The number of benzene rings is 1. The fourth-order valence-corrected chi connectivity index (χ4v) is 3.79. The lowest BCUT2D eigenvalue weighted by Crippen LogP contribution is -2.73. The quantitative estimate of drug-likeness (QED) is 0.768. The SMILES string of the molecule is O=C1NC(=O)C(c2ccccc2)(N2CCN(c3ccncc3)CC2)C(=O)N1. The maximum absolute atomic E-state index is 12.9. The molecular weight excluding hydrogens is 346 g/mol. The number of aromatic nitrogens is 1. The summed E-state index contributed by atoms with van der Waals surface area (Å²) in [6.45, 7) is 2.28. The van der Waals surface area contributed by atoms with Crippen molar-refractivity contribution in [3.05, 3.63) is 60.4 Å². The van der Waals surface area contributed by atoms with Gasteiger partial charge in [-0.25, -0.2) is 4.79 Å². The second kappa shape index (κ2) is 6.81. The summed E-state index contributed by atoms with van der Waals surface area (Å²) in [4.78, 5) is 45.5. The molecule has 2 aliphatic heterocycles. The Morgan fingerprint density at radius 2 is 1.41 bits per heavy atom. The Kier molecular flexibility index (Phi) is 4.33. The number of urea groups is 1. The normalized spacial score (nSPS) is 20.1. The van der Waals surface area contributed by atoms with Crippen molar-refractivity contribution in [1.29, 1.82) is 0 Å². The van der Waals surface area contributed by atoms with Gasteiger partial charge >= 0.3 is 6.03 Å². The smallest absolute Gasteiger partial charge is 0.328 e. The van der Waals surface area contributed by atoms with Crippen molar-refractivity contribution in [3.63, 3.8) is 0 Å². The number of hydrogen-bond donors (Lipinski definition) is 2. The van der Waals surface area contributed by atoms with E-state index in [1.165, 1.54) is 0 Å². The molecule has 1 aromatic carbocycles. The Labute approximate surface area is 156 Å². The van der Waals surface area contributed by atoms with Gasteiger partial charge in [0.05, 0.1) is 0 Å². The highest BCUT2D eigenvalue weighted by atomic mass is 16.2. The van der Waals surface area contributed by atoms with Gasteiger partial charge in [0, 0.05) is 44.3 Å². The number of hydrogen-bond acceptors (Lipinski definition) is 6. The van der Waals surface area contributed by atoms with Gasteiger partial charge in [0.25, 0.3) is 11.8 Å². The molecule has 0 spiro atoms. The first-order valence-corrected chi connectivity index (χ1v) is 8.75. The molecule has 3 heterocycles. The van der Waals surface area contributed by atoms with E-state index in [2.05, 4.69) is 20.5 Å². The number of anilines is 1. The Balaban J connectivity index is 1.66. The summed E-state index contributed by atoms with van der Waals surface area (Å²) in [5.41, 5.74) is 0.0375. The molecule has 2 aromatic rings. The minimum atomic E-state index is -1.56. The Hall–Kier alpha value is -3.26. The van der Waals surface area contributed by atoms with Crippen LogP contribution in [0.15, 0.2) is 54.9 Å². The van der Waals surface area contributed by atoms with Gasteiger partial charge in [-0.3, -0.25) is 30.1 Å². The molecule has 0 radical (unpaired) electrons. The molecule has 0 atom stereocenters. The first kappa shape index (κ1) is 17.2. The minimum absolute atomic E-state index is 0.492. The molecule has 0 aliphatic carbocycles. The summed E-state index contributed by atoms with van der Waals surface area (Å²) >= 11 is 0. The molecule has 2 saturated heterocycles. The molecule has 0 bridgehead atoms. The Morgan fingerprint density at radius 1 is 0.815 bits per heavy atom. The topological polar surface area (TPSA) is 94.6 Å². The van der Waals surface area contributed by atoms with E-state index in [0.717, 1.165) is 5.69 Å². The van der Waals surface area contributed by atoms with Crippen molar-refractivity contribution in [1.82, 2.24) is 20.5 Å². The second-order valence-electron chi connectivity index (χ2n) is 6.49. The molecule has 4 rings (SSSR count). The minimum Gasteiger partial charge on any atom is -0.369 e. The number of amides is 4. The van der Waals surface area contributed by atoms with Crippen molar-refractivity contribution >= 4 is 23.5 Å². The van der Waals surface area contributed by atoms with Gasteiger partial charge < -0.3 is 4.90 Å². The lowest BCUT2D eigenvalue weighted by molar-refractivity contribution is -0.149. The average molecular weight is 365 g/mol. The number of imide groups is 2. The molecule has 2 aliphatic rings. The van der Waals surface area contributed by atoms with Gasteiger partial charge in [-0.1, -0.05) is 30.3 Å². The number of pyridine rings is 1. The molecule has 2 N–H and O–H groups in total. The van der Waals surface area contributed by atoms with Crippen molar-refractivity contribution < 1.29 is 14.4 Å². The van der Waals surface area contributed by atoms with Crippen LogP contribution in [0.4, 0.5) is 10.5 Å². The lowest BCUT2D eigenvalue weighted by Gasteiger charge is -2.47. The van der Waals surface area contributed by atoms with Crippen LogP contribution in [0.25, 0.3) is 0 Å². The molecule has 27 heavy (non-hydrogen) atoms. The molecule has 138 valence electrons. The second-order valence-corrected chi connectivity index (χ2v) is 6.49. The van der Waals surface area contributed by atoms with Crippen LogP contribution in [0.1, 0.15) is 5.56 Å². The predicted molar refractivity (Wildman–Crippen MR) is 97.8 cm³/mol. The van der Waals surface area contributed by atoms with E-state index in [9.17, 15) is 14.4 Å². The number of nitrogens with zero attached hydrogens (tertiary/aromatic N) is 3. The molecule has 8 nitrogen and oxygen atoms in total. The van der Waals surface area contributed by atoms with E-state index in [-0.39, 0.29) is 0 Å². The maximum Gasteiger partial charge on any atom is 0.328 e. The Bertz CT molecular complexity index is 843. The van der Waals surface area contributed by atoms with Crippen LogP contribution in [0, 0.1) is 0 Å². The number of barbiturate groups is 1. The van der Waals surface area contributed by atoms with Crippen LogP contribution >= 0.6 is 0 Å². The van der Waals surface area contributed by atoms with Gasteiger partial charge in [0.15, 0.2) is 0 Å². The van der Waals surface area contributed by atoms with Crippen LogP contribution in [-0.2, 0) is 15.1 Å². The molecule has 0 unspecified atom stereocenters. The fraction of sp³-hybridized carbons (Fsp3) is 0.263. The highest BCUT2D eigenvalue weighted by Gasteiger charge is 2.56. The van der Waals surface area contributed by atoms with Gasteiger partial charge in [0.1, 0.15) is 0 Å². The van der Waals surface area contributed by atoms with E-state index < -0.39 is 23.4 Å². The van der Waals surface area contributed by atoms with Gasteiger partial charge in [-0.15, -0.1) is 0 Å². The zero-order valence-electron chi connectivity index (χ0n) is 14.6. The third-order valence-corrected chi connectivity index (χ3v) is 5.08. The predicted octanol–water partition coefficient (Wildman–Crippen LogP) is 0.465. The third kappa shape index (κ3) is 2.83. The standard InChI is InChI=1S/C19H19N5O3/c25-16-19(14-4-2-1-3-5-14,17(26)22-18(27)21-16)24-12-10-23(11-13-24)15-6-8-20-9-7-15/h1-9H,10-13H2,(H2,21,22,25,26,27). The van der Waals surface area contributed by atoms with Crippen molar-refractivity contribution in [2.45, 2.75) is 5.54 Å². The van der Waals surface area contributed by atoms with Crippen LogP contribution in [0.3, 0.4) is 0 Å². The largest absolute Gasteiger partial charge is 0.369 e. The molecule has 2 fully saturated rings. The van der Waals surface area contributed by atoms with Gasteiger partial charge in [-0.05, 0) is 17.7 Å². The summed E-state index contributed by atoms with van der Waals surface area (Å²) in [6, 6.07) is 11.9. The van der Waals surface area contributed by atoms with E-state index >= 15 is 0 Å². The monoisotopic (exact) mass is 365 g/mol. The van der Waals surface area contributed by atoms with Crippen molar-refractivity contribution in [2.24, 2.45) is 0 Å². The van der Waals surface area contributed by atoms with Crippen LogP contribution in [0.2, 0.25) is 0 Å². The van der Waals surface area contributed by atoms with Crippen LogP contribution < -0.4 is 15.5 Å². The van der Waals surface area contributed by atoms with Crippen molar-refractivity contribution in [3.8, 4) is 0 Å². The third-order valence-electron chi connectivity index (χ3n) is 5.08. The summed E-state index contributed by atoms with van der Waals surface area (Å²) in [6.07, 6.45) is 3.47. The molecule has 0 saturated carbocycles. The first-order chi connectivity index (χ1) is 13.1. The number of carbonyl (C=O) groups excluding carboxylic acids is 3. The molecule has 8 heteroatoms. The first-order valence-electron chi connectivity index (χ1n) is 8.75. The van der Waals surface area contributed by atoms with Gasteiger partial charge in [0.2, 0.25) is 5.54 Å². The summed E-state index contributed by atoms with van der Waals surface area (Å²) < 4.78 is 0. The fourth-order valence-electron chi connectivity index (χ4n) is 3.79. The highest BCUT2D eigenvalue weighted by Crippen LogP contribution is 2.33.